The Kier molecular flexibility index (Phi) is 4.53. The molecule has 2 nitrogen and oxygen atoms in total. The monoisotopic (exact) mass is 338 g/mol. The molecule has 0 saturated carbocycles. The minimum absolute atomic E-state index is 0.161. The molecule has 0 spiro atoms. The number of benzene rings is 2. The van der Waals surface area contributed by atoms with Crippen molar-refractivity contribution in [1.82, 2.24) is 5.43 Å². The van der Waals surface area contributed by atoms with Crippen LogP contribution in [0.15, 0.2) is 54.6 Å². The van der Waals surface area contributed by atoms with Gasteiger partial charge in [0.05, 0.1) is 0 Å². The molecule has 0 amide bonds. The zero-order valence-electron chi connectivity index (χ0n) is 9.44. The van der Waals surface area contributed by atoms with Crippen LogP contribution in [0.2, 0.25) is 0 Å². The predicted octanol–water partition coefficient (Wildman–Crippen LogP) is 3.04. The lowest BCUT2D eigenvalue weighted by Gasteiger charge is -2.16. The first kappa shape index (κ1) is 12.5. The molecule has 1 atom stereocenters. The van der Waals surface area contributed by atoms with Crippen LogP contribution in [0.5, 0.6) is 0 Å². The molecule has 0 heterocycles. The Morgan fingerprint density at radius 3 is 2.24 bits per heavy atom. The number of hydrogen-bond donors (Lipinski definition) is 2. The molecule has 0 aromatic heterocycles. The van der Waals surface area contributed by atoms with Gasteiger partial charge in [-0.2, -0.15) is 0 Å². The Bertz CT molecular complexity index is 453. The van der Waals surface area contributed by atoms with Gasteiger partial charge in [0.25, 0.3) is 0 Å². The second-order valence-corrected chi connectivity index (χ2v) is 5.21. The van der Waals surface area contributed by atoms with Crippen molar-refractivity contribution in [3.8, 4) is 0 Å². The average Bonchev–Trinajstić information content (AvgIpc) is 2.38. The van der Waals surface area contributed by atoms with Crippen LogP contribution in [0, 0.1) is 3.57 Å². The van der Waals surface area contributed by atoms with Gasteiger partial charge in [-0.15, -0.1) is 0 Å². The minimum Gasteiger partial charge on any atom is -0.271 e. The fourth-order valence-corrected chi connectivity index (χ4v) is 2.18. The summed E-state index contributed by atoms with van der Waals surface area (Å²) in [6.07, 6.45) is 0.901. The number of hydrazine groups is 1. The third kappa shape index (κ3) is 3.52. The summed E-state index contributed by atoms with van der Waals surface area (Å²) in [4.78, 5) is 0. The van der Waals surface area contributed by atoms with E-state index in [0.29, 0.717) is 0 Å². The summed E-state index contributed by atoms with van der Waals surface area (Å²) in [5, 5.41) is 0. The highest BCUT2D eigenvalue weighted by atomic mass is 127. The molecule has 3 heteroatoms. The summed E-state index contributed by atoms with van der Waals surface area (Å²) < 4.78 is 1.24. The summed E-state index contributed by atoms with van der Waals surface area (Å²) in [5.41, 5.74) is 5.39. The third-order valence-corrected chi connectivity index (χ3v) is 3.48. The van der Waals surface area contributed by atoms with Crippen molar-refractivity contribution in [2.24, 2.45) is 5.84 Å². The lowest BCUT2D eigenvalue weighted by molar-refractivity contribution is 0.552. The first-order chi connectivity index (χ1) is 8.29. The SMILES string of the molecule is NNC(Cc1ccccc1)c1ccc(I)cc1. The zero-order valence-corrected chi connectivity index (χ0v) is 11.6. The molecule has 2 aromatic rings. The standard InChI is InChI=1S/C14H15IN2/c15-13-8-6-12(7-9-13)14(17-16)10-11-4-2-1-3-5-11/h1-9,14,17H,10,16H2. The molecule has 2 aromatic carbocycles. The number of hydrogen-bond acceptors (Lipinski definition) is 2. The van der Waals surface area contributed by atoms with Crippen LogP contribution >= 0.6 is 22.6 Å². The highest BCUT2D eigenvalue weighted by Gasteiger charge is 2.09. The number of nitrogens with two attached hydrogens (primary N) is 1. The second kappa shape index (κ2) is 6.14. The van der Waals surface area contributed by atoms with E-state index in [1.165, 1.54) is 14.7 Å². The van der Waals surface area contributed by atoms with E-state index in [9.17, 15) is 0 Å². The van der Waals surface area contributed by atoms with Gasteiger partial charge >= 0.3 is 0 Å². The summed E-state index contributed by atoms with van der Waals surface area (Å²) in [5.74, 6) is 5.64. The lowest BCUT2D eigenvalue weighted by Crippen LogP contribution is -2.29. The average molecular weight is 338 g/mol. The zero-order chi connectivity index (χ0) is 12.1. The third-order valence-electron chi connectivity index (χ3n) is 2.76. The Balaban J connectivity index is 2.14. The molecular formula is C14H15IN2. The maximum absolute atomic E-state index is 5.64. The van der Waals surface area contributed by atoms with Crippen molar-refractivity contribution in [3.05, 3.63) is 69.3 Å². The van der Waals surface area contributed by atoms with Gasteiger partial charge in [0, 0.05) is 9.61 Å². The Labute approximate surface area is 115 Å². The number of rotatable bonds is 4. The van der Waals surface area contributed by atoms with Gasteiger partial charge < -0.3 is 0 Å². The van der Waals surface area contributed by atoms with Gasteiger partial charge in [0.2, 0.25) is 0 Å². The largest absolute Gasteiger partial charge is 0.271 e. The van der Waals surface area contributed by atoms with E-state index in [1.54, 1.807) is 0 Å². The molecule has 0 radical (unpaired) electrons. The van der Waals surface area contributed by atoms with Gasteiger partial charge in [0.15, 0.2) is 0 Å². The molecule has 0 bridgehead atoms. The fourth-order valence-electron chi connectivity index (χ4n) is 1.82. The normalized spacial score (nSPS) is 12.4. The van der Waals surface area contributed by atoms with E-state index in [4.69, 9.17) is 5.84 Å². The van der Waals surface area contributed by atoms with Crippen LogP contribution in [0.3, 0.4) is 0 Å². The van der Waals surface area contributed by atoms with E-state index >= 15 is 0 Å². The molecule has 0 aliphatic rings. The van der Waals surface area contributed by atoms with E-state index in [-0.39, 0.29) is 6.04 Å². The van der Waals surface area contributed by atoms with E-state index in [1.807, 2.05) is 6.07 Å². The van der Waals surface area contributed by atoms with Crippen molar-refractivity contribution in [2.75, 3.05) is 0 Å². The first-order valence-electron chi connectivity index (χ1n) is 5.55. The summed E-state index contributed by atoms with van der Waals surface area (Å²) in [6, 6.07) is 19.0. The van der Waals surface area contributed by atoms with Gasteiger partial charge in [0.1, 0.15) is 0 Å². The molecule has 0 fully saturated rings. The molecule has 0 aliphatic heterocycles. The second-order valence-electron chi connectivity index (χ2n) is 3.96. The van der Waals surface area contributed by atoms with Crippen molar-refractivity contribution < 1.29 is 0 Å². The van der Waals surface area contributed by atoms with E-state index < -0.39 is 0 Å². The van der Waals surface area contributed by atoms with Crippen LogP contribution in [-0.2, 0) is 6.42 Å². The topological polar surface area (TPSA) is 38.0 Å². The van der Waals surface area contributed by atoms with Crippen molar-refractivity contribution >= 4 is 22.6 Å². The Hall–Kier alpha value is -0.910. The summed E-state index contributed by atoms with van der Waals surface area (Å²) >= 11 is 2.30. The Morgan fingerprint density at radius 1 is 1.00 bits per heavy atom. The van der Waals surface area contributed by atoms with Crippen molar-refractivity contribution in [3.63, 3.8) is 0 Å². The van der Waals surface area contributed by atoms with Gasteiger partial charge in [-0.05, 0) is 52.3 Å². The molecule has 0 aliphatic carbocycles. The molecule has 17 heavy (non-hydrogen) atoms. The van der Waals surface area contributed by atoms with Crippen LogP contribution in [0.1, 0.15) is 17.2 Å². The molecule has 2 rings (SSSR count). The van der Waals surface area contributed by atoms with Gasteiger partial charge in [-0.1, -0.05) is 42.5 Å². The van der Waals surface area contributed by atoms with Crippen LogP contribution in [0.25, 0.3) is 0 Å². The van der Waals surface area contributed by atoms with Gasteiger partial charge in [-0.25, -0.2) is 0 Å². The molecule has 3 N–H and O–H groups in total. The molecule has 88 valence electrons. The summed E-state index contributed by atoms with van der Waals surface area (Å²) in [6.45, 7) is 0. The fraction of sp³-hybridized carbons (Fsp3) is 0.143. The first-order valence-corrected chi connectivity index (χ1v) is 6.63. The number of nitrogens with one attached hydrogen (secondary N) is 1. The van der Waals surface area contributed by atoms with Gasteiger partial charge in [-0.3, -0.25) is 11.3 Å². The van der Waals surface area contributed by atoms with Crippen LogP contribution in [-0.4, -0.2) is 0 Å². The molecular weight excluding hydrogens is 323 g/mol. The van der Waals surface area contributed by atoms with Crippen LogP contribution < -0.4 is 11.3 Å². The maximum atomic E-state index is 5.64. The smallest absolute Gasteiger partial charge is 0.0500 e. The predicted molar refractivity (Wildman–Crippen MR) is 79.4 cm³/mol. The maximum Gasteiger partial charge on any atom is 0.0500 e. The van der Waals surface area contributed by atoms with E-state index in [2.05, 4.69) is 76.5 Å². The Morgan fingerprint density at radius 2 is 1.65 bits per heavy atom. The summed E-state index contributed by atoms with van der Waals surface area (Å²) in [7, 11) is 0. The lowest BCUT2D eigenvalue weighted by atomic mass is 10.00. The highest BCUT2D eigenvalue weighted by Crippen LogP contribution is 2.18. The quantitative estimate of drug-likeness (QED) is 0.511. The minimum atomic E-state index is 0.161. The molecule has 1 unspecified atom stereocenters. The molecule has 0 saturated heterocycles. The van der Waals surface area contributed by atoms with Crippen molar-refractivity contribution in [1.29, 1.82) is 0 Å². The number of halogens is 1. The highest BCUT2D eigenvalue weighted by molar-refractivity contribution is 14.1. The van der Waals surface area contributed by atoms with Crippen molar-refractivity contribution in [2.45, 2.75) is 12.5 Å². The van der Waals surface area contributed by atoms with Crippen LogP contribution in [0.4, 0.5) is 0 Å². The van der Waals surface area contributed by atoms with E-state index in [0.717, 1.165) is 6.42 Å².